The molecular formula is C10H15ClN2O. The van der Waals surface area contributed by atoms with Gasteiger partial charge in [0, 0.05) is 12.6 Å². The summed E-state index contributed by atoms with van der Waals surface area (Å²) in [6, 6.07) is 0. The van der Waals surface area contributed by atoms with E-state index in [1.54, 1.807) is 0 Å². The van der Waals surface area contributed by atoms with E-state index in [1.807, 2.05) is 6.20 Å². The number of allylic oxidation sites excluding steroid dienone is 1. The van der Waals surface area contributed by atoms with Crippen LogP contribution < -0.4 is 0 Å². The quantitative estimate of drug-likeness (QED) is 0.621. The summed E-state index contributed by atoms with van der Waals surface area (Å²) in [7, 11) is 0. The van der Waals surface area contributed by atoms with Gasteiger partial charge in [0.25, 0.3) is 0 Å². The third-order valence-electron chi connectivity index (χ3n) is 1.54. The van der Waals surface area contributed by atoms with Crippen LogP contribution in [0.25, 0.3) is 0 Å². The molecule has 0 amide bonds. The Labute approximate surface area is 89.2 Å². The first-order valence-corrected chi connectivity index (χ1v) is 4.86. The van der Waals surface area contributed by atoms with Crippen LogP contribution in [0, 0.1) is 0 Å². The fraction of sp³-hybridized carbons (Fsp3) is 0.400. The number of hydrogen-bond donors (Lipinski definition) is 1. The number of aromatic amines is 1. The van der Waals surface area contributed by atoms with Crippen LogP contribution in [0.2, 0.25) is 0 Å². The minimum absolute atomic E-state index is 0.509. The van der Waals surface area contributed by atoms with Gasteiger partial charge in [-0.3, -0.25) is 4.79 Å². The van der Waals surface area contributed by atoms with Crippen LogP contribution in [-0.2, 0) is 17.6 Å². The Hall–Kier alpha value is -1.09. The van der Waals surface area contributed by atoms with Gasteiger partial charge in [-0.05, 0) is 24.1 Å². The molecule has 3 nitrogen and oxygen atoms in total. The molecule has 0 saturated carbocycles. The number of aromatic nitrogens is 2. The molecule has 1 aromatic heterocycles. The summed E-state index contributed by atoms with van der Waals surface area (Å²) < 4.78 is 0. The van der Waals surface area contributed by atoms with Gasteiger partial charge in [0.15, 0.2) is 0 Å². The second-order valence-electron chi connectivity index (χ2n) is 2.55. The summed E-state index contributed by atoms with van der Waals surface area (Å²) in [5.74, 6) is 1.09. The van der Waals surface area contributed by atoms with Gasteiger partial charge in [-0.1, -0.05) is 20.4 Å². The molecule has 0 unspecified atom stereocenters. The lowest BCUT2D eigenvalue weighted by molar-refractivity contribution is -0.107. The second kappa shape index (κ2) is 7.33. The molecule has 0 bridgehead atoms. The van der Waals surface area contributed by atoms with E-state index in [4.69, 9.17) is 11.6 Å². The Bertz CT molecular complexity index is 276. The van der Waals surface area contributed by atoms with Crippen molar-refractivity contribution in [1.82, 2.24) is 9.97 Å². The van der Waals surface area contributed by atoms with E-state index < -0.39 is 5.24 Å². The Kier molecular flexibility index (Phi) is 6.76. The maximum Gasteiger partial charge on any atom is 0.244 e. The van der Waals surface area contributed by atoms with Gasteiger partial charge in [0.2, 0.25) is 5.24 Å². The number of imidazole rings is 1. The van der Waals surface area contributed by atoms with Gasteiger partial charge in [0.1, 0.15) is 5.82 Å². The maximum absolute atomic E-state index is 9.46. The minimum atomic E-state index is -0.509. The molecule has 0 aliphatic heterocycles. The molecule has 4 heteroatoms. The summed E-state index contributed by atoms with van der Waals surface area (Å²) in [6.07, 6.45) is 5.04. The van der Waals surface area contributed by atoms with Gasteiger partial charge in [-0.25, -0.2) is 4.98 Å². The predicted octanol–water partition coefficient (Wildman–Crippen LogP) is 2.47. The number of nitrogens with one attached hydrogen (secondary N) is 1. The Morgan fingerprint density at radius 3 is 2.43 bits per heavy atom. The minimum Gasteiger partial charge on any atom is -0.348 e. The third-order valence-corrected chi connectivity index (χ3v) is 1.70. The van der Waals surface area contributed by atoms with Crippen LogP contribution in [0.4, 0.5) is 0 Å². The molecule has 0 fully saturated rings. The molecule has 0 aliphatic rings. The highest BCUT2D eigenvalue weighted by Gasteiger charge is 1.93. The van der Waals surface area contributed by atoms with Crippen molar-refractivity contribution in [3.63, 3.8) is 0 Å². The maximum atomic E-state index is 9.46. The lowest BCUT2D eigenvalue weighted by atomic mass is 10.4. The first kappa shape index (κ1) is 12.9. The summed E-state index contributed by atoms with van der Waals surface area (Å²) in [4.78, 5) is 16.8. The number of aryl methyl sites for hydroxylation is 2. The molecule has 14 heavy (non-hydrogen) atoms. The highest BCUT2D eigenvalue weighted by Crippen LogP contribution is 1.96. The number of carbonyl (C=O) groups is 1. The Morgan fingerprint density at radius 2 is 2.21 bits per heavy atom. The van der Waals surface area contributed by atoms with E-state index >= 15 is 0 Å². The third kappa shape index (κ3) is 5.54. The van der Waals surface area contributed by atoms with Crippen LogP contribution in [0.1, 0.15) is 25.4 Å². The second-order valence-corrected chi connectivity index (χ2v) is 2.93. The van der Waals surface area contributed by atoms with Crippen LogP contribution in [0.15, 0.2) is 18.9 Å². The van der Waals surface area contributed by atoms with E-state index in [9.17, 15) is 4.79 Å². The number of halogens is 1. The number of hydrogen-bond acceptors (Lipinski definition) is 2. The van der Waals surface area contributed by atoms with Gasteiger partial charge >= 0.3 is 0 Å². The normalized spacial score (nSPS) is 8.79. The molecule has 0 aromatic carbocycles. The molecule has 0 spiro atoms. The lowest BCUT2D eigenvalue weighted by Crippen LogP contribution is -1.82. The van der Waals surface area contributed by atoms with Crippen molar-refractivity contribution in [2.45, 2.75) is 26.7 Å². The van der Waals surface area contributed by atoms with Crippen molar-refractivity contribution < 1.29 is 4.79 Å². The van der Waals surface area contributed by atoms with E-state index in [-0.39, 0.29) is 0 Å². The summed E-state index contributed by atoms with van der Waals surface area (Å²) in [6.45, 7) is 7.28. The predicted molar refractivity (Wildman–Crippen MR) is 58.4 cm³/mol. The topological polar surface area (TPSA) is 45.8 Å². The Balaban J connectivity index is 0.000000292. The average Bonchev–Trinajstić information content (AvgIpc) is 2.66. The van der Waals surface area contributed by atoms with Crippen LogP contribution in [0.3, 0.4) is 0 Å². The monoisotopic (exact) mass is 214 g/mol. The largest absolute Gasteiger partial charge is 0.348 e. The zero-order valence-electron chi connectivity index (χ0n) is 8.51. The standard InChI is InChI=1S/C7H12N2.C3H3ClO/c1-3-6-5-8-7(4-2)9-6;1-2-3(4)5/h5H,3-4H2,1-2H3,(H,8,9);2H,1H2. The molecule has 0 radical (unpaired) electrons. The van der Waals surface area contributed by atoms with Gasteiger partial charge in [0.05, 0.1) is 5.69 Å². The van der Waals surface area contributed by atoms with Crippen molar-refractivity contribution >= 4 is 16.8 Å². The molecule has 1 aromatic rings. The highest BCUT2D eigenvalue weighted by molar-refractivity contribution is 6.66. The molecular weight excluding hydrogens is 200 g/mol. The van der Waals surface area contributed by atoms with Crippen molar-refractivity contribution in [3.8, 4) is 0 Å². The first-order valence-electron chi connectivity index (χ1n) is 4.49. The fourth-order valence-corrected chi connectivity index (χ4v) is 0.767. The summed E-state index contributed by atoms with van der Waals surface area (Å²) in [5, 5.41) is -0.509. The number of carbonyl (C=O) groups excluding carboxylic acids is 1. The van der Waals surface area contributed by atoms with Crippen molar-refractivity contribution in [3.05, 3.63) is 30.4 Å². The fourth-order valence-electron chi connectivity index (χ4n) is 0.767. The lowest BCUT2D eigenvalue weighted by Gasteiger charge is -1.83. The smallest absolute Gasteiger partial charge is 0.244 e. The summed E-state index contributed by atoms with van der Waals surface area (Å²) in [5.41, 5.74) is 1.16. The average molecular weight is 215 g/mol. The SMILES string of the molecule is C=CC(=O)Cl.CCc1c[nH]c(CC)n1. The number of H-pyrrole nitrogens is 1. The first-order chi connectivity index (χ1) is 6.63. The molecule has 1 rings (SSSR count). The number of rotatable bonds is 3. The zero-order valence-corrected chi connectivity index (χ0v) is 9.27. The summed E-state index contributed by atoms with van der Waals surface area (Å²) >= 11 is 4.71. The van der Waals surface area contributed by atoms with Crippen LogP contribution in [-0.4, -0.2) is 15.2 Å². The molecule has 0 atom stereocenters. The van der Waals surface area contributed by atoms with E-state index in [0.717, 1.165) is 30.4 Å². The van der Waals surface area contributed by atoms with Crippen molar-refractivity contribution in [1.29, 1.82) is 0 Å². The van der Waals surface area contributed by atoms with Crippen molar-refractivity contribution in [2.75, 3.05) is 0 Å². The highest BCUT2D eigenvalue weighted by atomic mass is 35.5. The van der Waals surface area contributed by atoms with E-state index in [1.165, 1.54) is 0 Å². The van der Waals surface area contributed by atoms with Gasteiger partial charge in [-0.15, -0.1) is 0 Å². The van der Waals surface area contributed by atoms with Crippen molar-refractivity contribution in [2.24, 2.45) is 0 Å². The molecule has 0 aliphatic carbocycles. The molecule has 78 valence electrons. The molecule has 1 heterocycles. The van der Waals surface area contributed by atoms with Crippen LogP contribution in [0.5, 0.6) is 0 Å². The molecule has 0 saturated heterocycles. The van der Waals surface area contributed by atoms with Gasteiger partial charge < -0.3 is 4.98 Å². The Morgan fingerprint density at radius 1 is 1.64 bits per heavy atom. The zero-order chi connectivity index (χ0) is 11.0. The van der Waals surface area contributed by atoms with E-state index in [0.29, 0.717) is 0 Å². The van der Waals surface area contributed by atoms with Crippen LogP contribution >= 0.6 is 11.6 Å². The number of nitrogens with zero attached hydrogens (tertiary/aromatic N) is 1. The molecule has 1 N–H and O–H groups in total. The van der Waals surface area contributed by atoms with Gasteiger partial charge in [-0.2, -0.15) is 0 Å². The van der Waals surface area contributed by atoms with E-state index in [2.05, 4.69) is 30.4 Å².